The van der Waals surface area contributed by atoms with Crippen LogP contribution in [0.25, 0.3) is 23.3 Å². The van der Waals surface area contributed by atoms with Crippen molar-refractivity contribution in [1.82, 2.24) is 0 Å². The fourth-order valence-electron chi connectivity index (χ4n) is 5.98. The molecular weight excluding hydrogens is 571 g/mol. The van der Waals surface area contributed by atoms with Gasteiger partial charge in [-0.15, -0.1) is 0 Å². The average Bonchev–Trinajstić information content (AvgIpc) is 3.57. The zero-order valence-electron chi connectivity index (χ0n) is 21.2. The van der Waals surface area contributed by atoms with Crippen LogP contribution in [0.15, 0.2) is 84.9 Å². The third kappa shape index (κ3) is 4.87. The van der Waals surface area contributed by atoms with Gasteiger partial charge in [0, 0.05) is 0 Å². The second-order valence-corrected chi connectivity index (χ2v) is 19.4. The monoisotopic (exact) mass is 597 g/mol. The van der Waals surface area contributed by atoms with Crippen molar-refractivity contribution in [2.45, 2.75) is 36.7 Å². The molecule has 6 rings (SSSR count). The van der Waals surface area contributed by atoms with Crippen molar-refractivity contribution in [2.24, 2.45) is 0 Å². The van der Waals surface area contributed by atoms with Crippen LogP contribution in [0.5, 0.6) is 0 Å². The summed E-state index contributed by atoms with van der Waals surface area (Å²) in [6.45, 7) is 4.44. The van der Waals surface area contributed by atoms with Crippen molar-refractivity contribution in [1.29, 1.82) is 0 Å². The fraction of sp³-hybridized carbons (Fsp3) is 0.176. The molecule has 0 saturated carbocycles. The maximum atomic E-state index is 6.96. The van der Waals surface area contributed by atoms with Gasteiger partial charge in [0.2, 0.25) is 0 Å². The molecule has 0 aromatic heterocycles. The first kappa shape index (κ1) is 25.1. The number of fused-ring (bicyclic) bond motifs is 2. The van der Waals surface area contributed by atoms with Crippen LogP contribution in [0.3, 0.4) is 0 Å². The van der Waals surface area contributed by atoms with Gasteiger partial charge in [-0.1, -0.05) is 0 Å². The molecule has 1 atom stereocenters. The Balaban J connectivity index is 1.34. The number of halogens is 2. The summed E-state index contributed by atoms with van der Waals surface area (Å²) in [6, 6.07) is 30.7. The third-order valence-electron chi connectivity index (χ3n) is 8.01. The molecule has 37 heavy (non-hydrogen) atoms. The summed E-state index contributed by atoms with van der Waals surface area (Å²) in [5.74, 6) is 0. The van der Waals surface area contributed by atoms with Crippen LogP contribution in [0.2, 0.25) is 0 Å². The van der Waals surface area contributed by atoms with Gasteiger partial charge in [-0.05, 0) is 0 Å². The molecule has 0 amide bonds. The molecule has 0 nitrogen and oxygen atoms in total. The molecule has 0 N–H and O–H groups in total. The molecule has 0 bridgehead atoms. The van der Waals surface area contributed by atoms with Crippen molar-refractivity contribution in [3.8, 4) is 0 Å². The molecule has 4 aromatic carbocycles. The van der Waals surface area contributed by atoms with E-state index >= 15 is 0 Å². The summed E-state index contributed by atoms with van der Waals surface area (Å²) in [5.41, 5.74) is 16.4. The van der Waals surface area contributed by atoms with Gasteiger partial charge >= 0.3 is 237 Å². The van der Waals surface area contributed by atoms with Crippen LogP contribution in [-0.2, 0) is 38.6 Å². The fourth-order valence-corrected chi connectivity index (χ4v) is 10.4. The Morgan fingerprint density at radius 3 is 1.73 bits per heavy atom. The summed E-state index contributed by atoms with van der Waals surface area (Å²) in [5, 5.41) is 0. The molecule has 2 aliphatic rings. The van der Waals surface area contributed by atoms with Crippen LogP contribution in [-0.4, -0.2) is 0 Å². The second kappa shape index (κ2) is 10.5. The van der Waals surface area contributed by atoms with Gasteiger partial charge in [-0.25, -0.2) is 0 Å². The number of hydrogen-bond donors (Lipinski definition) is 0. The van der Waals surface area contributed by atoms with E-state index in [0.717, 1.165) is 19.3 Å². The van der Waals surface area contributed by atoms with E-state index in [2.05, 4.69) is 111 Å². The van der Waals surface area contributed by atoms with Crippen molar-refractivity contribution in [3.63, 3.8) is 0 Å². The van der Waals surface area contributed by atoms with Crippen LogP contribution in [0, 0.1) is 13.8 Å². The first-order chi connectivity index (χ1) is 18.0. The molecule has 0 fully saturated rings. The van der Waals surface area contributed by atoms with Crippen LogP contribution >= 0.6 is 17.0 Å². The predicted octanol–water partition coefficient (Wildman–Crippen LogP) is 9.71. The number of aryl methyl sites for hydroxylation is 2. The first-order valence-electron chi connectivity index (χ1n) is 12.9. The average molecular weight is 600 g/mol. The standard InChI is InChI=1S/C34H29.2ClH.Zr/c1-23-13-15-27(33-21-29(19-31(23)33)25-9-5-3-6-10-25)17-18-28-16-14-24(2)32-20-30(22-34(28)32)26-11-7-4-8-12-26;;;/h3-17,19-20H,18,21-22H2,1-2H3;2*1H;/q;;;+2/p-2. The van der Waals surface area contributed by atoms with Gasteiger partial charge < -0.3 is 0 Å². The predicted molar refractivity (Wildman–Crippen MR) is 157 cm³/mol. The Morgan fingerprint density at radius 1 is 0.649 bits per heavy atom. The third-order valence-corrected chi connectivity index (χ3v) is 13.7. The molecule has 3 heteroatoms. The first-order valence-corrected chi connectivity index (χ1v) is 20.7. The van der Waals surface area contributed by atoms with Crippen LogP contribution < -0.4 is 0 Å². The quantitative estimate of drug-likeness (QED) is 0.207. The molecule has 2 aliphatic carbocycles. The molecule has 1 unspecified atom stereocenters. The second-order valence-electron chi connectivity index (χ2n) is 10.3. The SMILES string of the molecule is Cc1ccc(C[CH](c2ccc(C)c3c2CC(c2ccccc2)=C3)[Zr]([Cl])[Cl])c2c1C=C(c1ccccc1)C2. The van der Waals surface area contributed by atoms with E-state index in [4.69, 9.17) is 17.0 Å². The summed E-state index contributed by atoms with van der Waals surface area (Å²) in [7, 11) is 13.9. The number of benzene rings is 4. The van der Waals surface area contributed by atoms with E-state index in [-0.39, 0.29) is 3.63 Å². The number of hydrogen-bond acceptors (Lipinski definition) is 0. The Hall–Kier alpha value is -2.18. The van der Waals surface area contributed by atoms with Crippen LogP contribution in [0.1, 0.15) is 59.3 Å². The van der Waals surface area contributed by atoms with E-state index in [0.29, 0.717) is 0 Å². The molecule has 0 aliphatic heterocycles. The van der Waals surface area contributed by atoms with E-state index in [1.54, 1.807) is 0 Å². The topological polar surface area (TPSA) is 0 Å². The Kier molecular flexibility index (Phi) is 7.15. The molecule has 4 aromatic rings. The van der Waals surface area contributed by atoms with Crippen molar-refractivity contribution in [2.75, 3.05) is 0 Å². The zero-order chi connectivity index (χ0) is 25.5. The summed E-state index contributed by atoms with van der Waals surface area (Å²) in [6.07, 6.45) is 7.60. The Morgan fingerprint density at radius 2 is 1.16 bits per heavy atom. The van der Waals surface area contributed by atoms with E-state index in [1.807, 2.05) is 0 Å². The summed E-state index contributed by atoms with van der Waals surface area (Å²) < 4.78 is 0.219. The Bertz CT molecular complexity index is 1530. The van der Waals surface area contributed by atoms with Crippen molar-refractivity contribution >= 4 is 40.3 Å². The Labute approximate surface area is 235 Å². The minimum atomic E-state index is -2.68. The van der Waals surface area contributed by atoms with Gasteiger partial charge in [0.1, 0.15) is 0 Å². The van der Waals surface area contributed by atoms with Crippen molar-refractivity contribution < 1.29 is 19.4 Å². The van der Waals surface area contributed by atoms with Crippen molar-refractivity contribution in [3.05, 3.63) is 141 Å². The maximum absolute atomic E-state index is 6.96. The van der Waals surface area contributed by atoms with Gasteiger partial charge in [0.25, 0.3) is 0 Å². The zero-order valence-corrected chi connectivity index (χ0v) is 25.2. The molecule has 0 heterocycles. The molecule has 0 saturated heterocycles. The number of rotatable bonds is 6. The van der Waals surface area contributed by atoms with E-state index in [9.17, 15) is 0 Å². The summed E-state index contributed by atoms with van der Waals surface area (Å²) in [4.78, 5) is 0. The van der Waals surface area contributed by atoms with Gasteiger partial charge in [-0.2, -0.15) is 0 Å². The van der Waals surface area contributed by atoms with Crippen LogP contribution in [0.4, 0.5) is 0 Å². The van der Waals surface area contributed by atoms with E-state index < -0.39 is 19.4 Å². The van der Waals surface area contributed by atoms with E-state index in [1.165, 1.54) is 66.8 Å². The molecule has 0 spiro atoms. The summed E-state index contributed by atoms with van der Waals surface area (Å²) >= 11 is -2.68. The molecular formula is C34H29Cl2Zr. The van der Waals surface area contributed by atoms with Gasteiger partial charge in [-0.3, -0.25) is 0 Å². The van der Waals surface area contributed by atoms with Gasteiger partial charge in [0.05, 0.1) is 0 Å². The van der Waals surface area contributed by atoms with Gasteiger partial charge in [0.15, 0.2) is 0 Å². The molecule has 183 valence electrons. The minimum absolute atomic E-state index is 0.219. The normalized spacial score (nSPS) is 14.6. The molecule has 0 radical (unpaired) electrons. The number of allylic oxidation sites excluding steroid dienone is 2.